The van der Waals surface area contributed by atoms with Gasteiger partial charge in [-0.05, 0) is 36.8 Å². The van der Waals surface area contributed by atoms with Crippen molar-refractivity contribution in [2.24, 2.45) is 5.10 Å². The van der Waals surface area contributed by atoms with E-state index in [1.807, 2.05) is 0 Å². The van der Waals surface area contributed by atoms with Crippen molar-refractivity contribution in [3.63, 3.8) is 0 Å². The molecule has 2 aromatic rings. The minimum atomic E-state index is -0.891. The maximum atomic E-state index is 11.7. The Hall–Kier alpha value is -2.60. The fraction of sp³-hybridized carbons (Fsp3) is 0.0714. The van der Waals surface area contributed by atoms with Crippen molar-refractivity contribution >= 4 is 35.3 Å². The van der Waals surface area contributed by atoms with Gasteiger partial charge in [0.2, 0.25) is 0 Å². The molecule has 2 amide bonds. The van der Waals surface area contributed by atoms with E-state index >= 15 is 0 Å². The van der Waals surface area contributed by atoms with Crippen molar-refractivity contribution in [1.82, 2.24) is 5.43 Å². The fourth-order valence-electron chi connectivity index (χ4n) is 1.49. The van der Waals surface area contributed by atoms with Crippen LogP contribution >= 0.6 is 11.6 Å². The molecule has 0 saturated heterocycles. The van der Waals surface area contributed by atoms with Crippen LogP contribution in [-0.4, -0.2) is 18.0 Å². The average molecular weight is 306 g/mol. The van der Waals surface area contributed by atoms with Crippen LogP contribution in [0, 0.1) is 6.92 Å². The maximum Gasteiger partial charge on any atom is 0.329 e. The molecule has 7 heteroatoms. The predicted molar refractivity (Wildman–Crippen MR) is 79.3 cm³/mol. The highest BCUT2D eigenvalue weighted by Crippen LogP contribution is 2.22. The van der Waals surface area contributed by atoms with Crippen LogP contribution in [0.25, 0.3) is 0 Å². The molecule has 0 radical (unpaired) electrons. The van der Waals surface area contributed by atoms with Gasteiger partial charge in [-0.1, -0.05) is 17.7 Å². The zero-order valence-corrected chi connectivity index (χ0v) is 11.8. The molecule has 0 aliphatic rings. The van der Waals surface area contributed by atoms with Crippen LogP contribution in [0.2, 0.25) is 5.02 Å². The van der Waals surface area contributed by atoms with Crippen LogP contribution in [0.4, 0.5) is 5.69 Å². The zero-order chi connectivity index (χ0) is 15.2. The van der Waals surface area contributed by atoms with E-state index in [1.165, 1.54) is 12.5 Å². The van der Waals surface area contributed by atoms with Crippen molar-refractivity contribution in [1.29, 1.82) is 0 Å². The maximum absolute atomic E-state index is 11.7. The van der Waals surface area contributed by atoms with Crippen LogP contribution in [0.3, 0.4) is 0 Å². The highest BCUT2D eigenvalue weighted by Gasteiger charge is 2.14. The van der Waals surface area contributed by atoms with Gasteiger partial charge in [0.25, 0.3) is 0 Å². The van der Waals surface area contributed by atoms with Gasteiger partial charge in [-0.25, -0.2) is 5.43 Å². The number of halogens is 1. The largest absolute Gasteiger partial charge is 0.463 e. The van der Waals surface area contributed by atoms with Gasteiger partial charge in [0.05, 0.1) is 12.5 Å². The number of rotatable bonds is 3. The van der Waals surface area contributed by atoms with Crippen molar-refractivity contribution in [2.45, 2.75) is 6.92 Å². The number of anilines is 1. The Morgan fingerprint density at radius 3 is 2.76 bits per heavy atom. The number of amides is 2. The second-order valence-electron chi connectivity index (χ2n) is 4.08. The van der Waals surface area contributed by atoms with E-state index in [2.05, 4.69) is 15.8 Å². The Morgan fingerprint density at radius 1 is 1.24 bits per heavy atom. The summed E-state index contributed by atoms with van der Waals surface area (Å²) in [7, 11) is 0. The van der Waals surface area contributed by atoms with Gasteiger partial charge in [-0.15, -0.1) is 0 Å². The fourth-order valence-corrected chi connectivity index (χ4v) is 1.67. The third-order valence-electron chi connectivity index (χ3n) is 2.62. The lowest BCUT2D eigenvalue weighted by Gasteiger charge is -2.08. The second-order valence-corrected chi connectivity index (χ2v) is 4.49. The lowest BCUT2D eigenvalue weighted by molar-refractivity contribution is -0.136. The molecular formula is C14H12ClN3O3. The number of carbonyl (C=O) groups excluding carboxylic acids is 2. The number of hydrogen-bond donors (Lipinski definition) is 2. The van der Waals surface area contributed by atoms with E-state index in [0.717, 1.165) is 0 Å². The molecule has 0 saturated carbocycles. The molecule has 6 nitrogen and oxygen atoms in total. The predicted octanol–water partition coefficient (Wildman–Crippen LogP) is 2.33. The van der Waals surface area contributed by atoms with Crippen LogP contribution in [0.1, 0.15) is 11.3 Å². The number of hydrogen-bond acceptors (Lipinski definition) is 4. The van der Waals surface area contributed by atoms with Crippen molar-refractivity contribution in [2.75, 3.05) is 5.32 Å². The molecule has 2 N–H and O–H groups in total. The third kappa shape index (κ3) is 3.93. The van der Waals surface area contributed by atoms with Crippen molar-refractivity contribution < 1.29 is 14.0 Å². The molecule has 1 heterocycles. The highest BCUT2D eigenvalue weighted by atomic mass is 35.5. The van der Waals surface area contributed by atoms with E-state index in [0.29, 0.717) is 22.0 Å². The van der Waals surface area contributed by atoms with Crippen LogP contribution in [-0.2, 0) is 9.59 Å². The Morgan fingerprint density at radius 2 is 2.05 bits per heavy atom. The zero-order valence-electron chi connectivity index (χ0n) is 11.1. The Balaban J connectivity index is 1.94. The first kappa shape index (κ1) is 14.8. The quantitative estimate of drug-likeness (QED) is 0.518. The standard InChI is InChI=1S/C14H12ClN3O3/c1-9-11(15)5-2-6-12(9)17-13(19)14(20)18-16-8-10-4-3-7-21-10/h2-8H,1H3,(H,17,19)(H,18,20)/b16-8+. The summed E-state index contributed by atoms with van der Waals surface area (Å²) in [6, 6.07) is 8.36. The van der Waals surface area contributed by atoms with Gasteiger partial charge in [-0.3, -0.25) is 9.59 Å². The normalized spacial score (nSPS) is 10.6. The molecule has 0 aliphatic heterocycles. The molecule has 0 aliphatic carbocycles. The summed E-state index contributed by atoms with van der Waals surface area (Å²) >= 11 is 5.93. The number of furan rings is 1. The first-order chi connectivity index (χ1) is 10.1. The van der Waals surface area contributed by atoms with Crippen molar-refractivity contribution in [3.8, 4) is 0 Å². The number of hydrazone groups is 1. The Labute approximate surface area is 125 Å². The third-order valence-corrected chi connectivity index (χ3v) is 3.03. The first-order valence-corrected chi connectivity index (χ1v) is 6.38. The Bertz CT molecular complexity index is 681. The first-order valence-electron chi connectivity index (χ1n) is 6.01. The van der Waals surface area contributed by atoms with Crippen LogP contribution in [0.5, 0.6) is 0 Å². The summed E-state index contributed by atoms with van der Waals surface area (Å²) in [5.74, 6) is -1.27. The Kier molecular flexibility index (Phi) is 4.73. The van der Waals surface area contributed by atoms with E-state index in [4.69, 9.17) is 16.0 Å². The second kappa shape index (κ2) is 6.71. The summed E-state index contributed by atoms with van der Waals surface area (Å²) in [4.78, 5) is 23.3. The SMILES string of the molecule is Cc1c(Cl)cccc1NC(=O)C(=O)N/N=C/c1ccco1. The topological polar surface area (TPSA) is 83.7 Å². The summed E-state index contributed by atoms with van der Waals surface area (Å²) in [5, 5.41) is 6.58. The van der Waals surface area contributed by atoms with E-state index in [9.17, 15) is 9.59 Å². The van der Waals surface area contributed by atoms with Gasteiger partial charge < -0.3 is 9.73 Å². The molecule has 21 heavy (non-hydrogen) atoms. The minimum absolute atomic E-state index is 0.460. The molecule has 0 unspecified atom stereocenters. The van der Waals surface area contributed by atoms with Gasteiger partial charge >= 0.3 is 11.8 Å². The molecule has 0 spiro atoms. The molecule has 1 aromatic heterocycles. The molecule has 1 aromatic carbocycles. The molecule has 108 valence electrons. The monoisotopic (exact) mass is 305 g/mol. The van der Waals surface area contributed by atoms with Gasteiger partial charge in [-0.2, -0.15) is 5.10 Å². The number of nitrogens with one attached hydrogen (secondary N) is 2. The van der Waals surface area contributed by atoms with Gasteiger partial charge in [0.1, 0.15) is 5.76 Å². The number of nitrogens with zero attached hydrogens (tertiary/aromatic N) is 1. The summed E-state index contributed by atoms with van der Waals surface area (Å²) in [5.41, 5.74) is 3.25. The average Bonchev–Trinajstić information content (AvgIpc) is 2.97. The van der Waals surface area contributed by atoms with Crippen LogP contribution < -0.4 is 10.7 Å². The van der Waals surface area contributed by atoms with E-state index < -0.39 is 11.8 Å². The van der Waals surface area contributed by atoms with Gasteiger partial charge in [0, 0.05) is 10.7 Å². The summed E-state index contributed by atoms with van der Waals surface area (Å²) in [6.45, 7) is 1.74. The van der Waals surface area contributed by atoms with Crippen LogP contribution in [0.15, 0.2) is 46.1 Å². The molecule has 0 atom stereocenters. The molecule has 2 rings (SSSR count). The molecule has 0 fully saturated rings. The smallest absolute Gasteiger partial charge is 0.329 e. The molecular weight excluding hydrogens is 294 g/mol. The number of benzene rings is 1. The van der Waals surface area contributed by atoms with E-state index in [-0.39, 0.29) is 0 Å². The van der Waals surface area contributed by atoms with Gasteiger partial charge in [0.15, 0.2) is 0 Å². The summed E-state index contributed by atoms with van der Waals surface area (Å²) < 4.78 is 4.98. The lowest BCUT2D eigenvalue weighted by Crippen LogP contribution is -2.32. The van der Waals surface area contributed by atoms with Crippen molar-refractivity contribution in [3.05, 3.63) is 52.9 Å². The lowest BCUT2D eigenvalue weighted by atomic mass is 10.2. The number of carbonyl (C=O) groups is 2. The highest BCUT2D eigenvalue weighted by molar-refractivity contribution is 6.40. The minimum Gasteiger partial charge on any atom is -0.463 e. The summed E-state index contributed by atoms with van der Waals surface area (Å²) in [6.07, 6.45) is 2.76. The van der Waals surface area contributed by atoms with E-state index in [1.54, 1.807) is 37.3 Å². The molecule has 0 bridgehead atoms.